The summed E-state index contributed by atoms with van der Waals surface area (Å²) < 4.78 is 12.9. The summed E-state index contributed by atoms with van der Waals surface area (Å²) in [6, 6.07) is 1.71. The summed E-state index contributed by atoms with van der Waals surface area (Å²) in [5, 5.41) is 8.07. The average molecular weight is 304 g/mol. The van der Waals surface area contributed by atoms with Gasteiger partial charge < -0.3 is 18.6 Å². The van der Waals surface area contributed by atoms with E-state index in [-0.39, 0.29) is 18.1 Å². The smallest absolute Gasteiger partial charge is 0.290 e. The topological polar surface area (TPSA) is 73.4 Å². The highest BCUT2D eigenvalue weighted by Gasteiger charge is 2.40. The summed E-state index contributed by atoms with van der Waals surface area (Å²) in [5.74, 6) is 1.76. The molecule has 1 amide bonds. The fourth-order valence-corrected chi connectivity index (χ4v) is 3.02. The Morgan fingerprint density at radius 3 is 2.77 bits per heavy atom. The third-order valence-electron chi connectivity index (χ3n) is 4.14. The Bertz CT molecular complexity index is 691. The van der Waals surface area contributed by atoms with Crippen molar-refractivity contribution in [1.82, 2.24) is 19.7 Å². The largest absolute Gasteiger partial charge is 0.456 e. The second kappa shape index (κ2) is 5.57. The third-order valence-corrected chi connectivity index (χ3v) is 4.14. The van der Waals surface area contributed by atoms with Gasteiger partial charge in [0.05, 0.1) is 12.1 Å². The van der Waals surface area contributed by atoms with E-state index in [0.29, 0.717) is 18.7 Å². The van der Waals surface area contributed by atoms with Crippen molar-refractivity contribution in [3.8, 4) is 0 Å². The Labute approximate surface area is 128 Å². The highest BCUT2D eigenvalue weighted by molar-refractivity contribution is 5.93. The van der Waals surface area contributed by atoms with Crippen LogP contribution in [-0.4, -0.2) is 45.3 Å². The van der Waals surface area contributed by atoms with Crippen LogP contribution in [0.5, 0.6) is 0 Å². The third kappa shape index (κ3) is 2.41. The Balaban J connectivity index is 1.94. The van der Waals surface area contributed by atoms with E-state index < -0.39 is 0 Å². The van der Waals surface area contributed by atoms with Gasteiger partial charge in [-0.05, 0) is 19.9 Å². The van der Waals surface area contributed by atoms with Crippen LogP contribution in [0.4, 0.5) is 0 Å². The highest BCUT2D eigenvalue weighted by Crippen LogP contribution is 2.34. The zero-order valence-electron chi connectivity index (χ0n) is 13.2. The maximum Gasteiger partial charge on any atom is 0.290 e. The first-order valence-electron chi connectivity index (χ1n) is 7.26. The molecule has 3 heterocycles. The number of rotatable bonds is 3. The molecular formula is C15H20N4O3. The number of methoxy groups -OCH3 is 1. The molecule has 1 fully saturated rings. The van der Waals surface area contributed by atoms with Crippen LogP contribution in [0, 0.1) is 13.8 Å². The van der Waals surface area contributed by atoms with Gasteiger partial charge in [0.25, 0.3) is 5.91 Å². The average Bonchev–Trinajstić information content (AvgIpc) is 3.16. The molecule has 0 saturated carbocycles. The van der Waals surface area contributed by atoms with Gasteiger partial charge in [-0.1, -0.05) is 0 Å². The van der Waals surface area contributed by atoms with Crippen molar-refractivity contribution in [2.45, 2.75) is 32.4 Å². The fourth-order valence-electron chi connectivity index (χ4n) is 3.02. The number of ether oxygens (including phenoxy) is 1. The summed E-state index contributed by atoms with van der Waals surface area (Å²) in [5.41, 5.74) is 0.847. The molecule has 118 valence electrons. The second-order valence-electron chi connectivity index (χ2n) is 5.74. The van der Waals surface area contributed by atoms with Crippen molar-refractivity contribution in [3.05, 3.63) is 35.3 Å². The molecule has 22 heavy (non-hydrogen) atoms. The Hall–Kier alpha value is -2.15. The molecule has 0 bridgehead atoms. The van der Waals surface area contributed by atoms with Gasteiger partial charge in [0.15, 0.2) is 11.6 Å². The molecule has 2 aromatic heterocycles. The van der Waals surface area contributed by atoms with Gasteiger partial charge >= 0.3 is 0 Å². The van der Waals surface area contributed by atoms with E-state index in [1.54, 1.807) is 18.3 Å². The fraction of sp³-hybridized carbons (Fsp3) is 0.533. The molecule has 1 saturated heterocycles. The zero-order valence-corrected chi connectivity index (χ0v) is 13.2. The number of likely N-dealkylation sites (tertiary alicyclic amines) is 1. The minimum Gasteiger partial charge on any atom is -0.456 e. The lowest BCUT2D eigenvalue weighted by Gasteiger charge is -2.22. The van der Waals surface area contributed by atoms with Crippen molar-refractivity contribution in [2.24, 2.45) is 7.05 Å². The molecule has 0 aliphatic carbocycles. The molecule has 2 atom stereocenters. The van der Waals surface area contributed by atoms with Crippen LogP contribution >= 0.6 is 0 Å². The van der Waals surface area contributed by atoms with Crippen LogP contribution in [0.1, 0.15) is 40.2 Å². The first kappa shape index (κ1) is 14.8. The number of aryl methyl sites for hydroxylation is 3. The monoisotopic (exact) mass is 304 g/mol. The maximum absolute atomic E-state index is 12.9. The quantitative estimate of drug-likeness (QED) is 0.861. The molecule has 1 aliphatic rings. The Morgan fingerprint density at radius 1 is 1.45 bits per heavy atom. The summed E-state index contributed by atoms with van der Waals surface area (Å²) in [4.78, 5) is 14.6. The molecule has 0 spiro atoms. The molecule has 0 N–H and O–H groups in total. The molecular weight excluding hydrogens is 284 g/mol. The van der Waals surface area contributed by atoms with E-state index in [1.807, 2.05) is 31.5 Å². The number of amides is 1. The van der Waals surface area contributed by atoms with Crippen molar-refractivity contribution in [2.75, 3.05) is 13.7 Å². The summed E-state index contributed by atoms with van der Waals surface area (Å²) in [6.07, 6.45) is 2.33. The van der Waals surface area contributed by atoms with Crippen molar-refractivity contribution < 1.29 is 13.9 Å². The van der Waals surface area contributed by atoms with Gasteiger partial charge in [-0.3, -0.25) is 4.79 Å². The minimum absolute atomic E-state index is 0.0120. The number of hydrogen-bond acceptors (Lipinski definition) is 5. The van der Waals surface area contributed by atoms with Crippen LogP contribution in [0.15, 0.2) is 16.8 Å². The number of carbonyl (C=O) groups excluding carboxylic acids is 1. The number of nitrogens with zero attached hydrogens (tertiary/aromatic N) is 4. The molecule has 0 aromatic carbocycles. The van der Waals surface area contributed by atoms with Crippen LogP contribution < -0.4 is 0 Å². The molecule has 7 nitrogen and oxygen atoms in total. The van der Waals surface area contributed by atoms with Crippen LogP contribution in [-0.2, 0) is 11.8 Å². The van der Waals surface area contributed by atoms with E-state index in [2.05, 4.69) is 10.2 Å². The van der Waals surface area contributed by atoms with Crippen molar-refractivity contribution in [1.29, 1.82) is 0 Å². The van der Waals surface area contributed by atoms with E-state index >= 15 is 0 Å². The van der Waals surface area contributed by atoms with Crippen LogP contribution in [0.2, 0.25) is 0 Å². The van der Waals surface area contributed by atoms with Gasteiger partial charge in [0.1, 0.15) is 12.1 Å². The Kier molecular flexibility index (Phi) is 3.74. The van der Waals surface area contributed by atoms with E-state index in [4.69, 9.17) is 9.15 Å². The van der Waals surface area contributed by atoms with Gasteiger partial charge in [0, 0.05) is 32.7 Å². The van der Waals surface area contributed by atoms with E-state index in [0.717, 1.165) is 17.1 Å². The lowest BCUT2D eigenvalue weighted by Crippen LogP contribution is -2.33. The van der Waals surface area contributed by atoms with E-state index in [9.17, 15) is 4.79 Å². The van der Waals surface area contributed by atoms with Gasteiger partial charge in [-0.15, -0.1) is 10.2 Å². The minimum atomic E-state index is -0.158. The summed E-state index contributed by atoms with van der Waals surface area (Å²) in [7, 11) is 3.54. The molecule has 0 unspecified atom stereocenters. The molecule has 7 heteroatoms. The van der Waals surface area contributed by atoms with Gasteiger partial charge in [0.2, 0.25) is 0 Å². The molecule has 1 aliphatic heterocycles. The summed E-state index contributed by atoms with van der Waals surface area (Å²) >= 11 is 0. The maximum atomic E-state index is 12.9. The highest BCUT2D eigenvalue weighted by atomic mass is 16.5. The van der Waals surface area contributed by atoms with Crippen molar-refractivity contribution in [3.63, 3.8) is 0 Å². The van der Waals surface area contributed by atoms with Gasteiger partial charge in [-0.2, -0.15) is 0 Å². The lowest BCUT2D eigenvalue weighted by atomic mass is 10.1. The molecule has 0 radical (unpaired) electrons. The van der Waals surface area contributed by atoms with Crippen molar-refractivity contribution >= 4 is 5.91 Å². The summed E-state index contributed by atoms with van der Waals surface area (Å²) in [6.45, 7) is 4.24. The van der Waals surface area contributed by atoms with E-state index in [1.165, 1.54) is 0 Å². The number of aromatic nitrogens is 3. The number of carbonyl (C=O) groups is 1. The zero-order chi connectivity index (χ0) is 15.9. The standard InChI is InChI=1S/C15H20N4O3/c1-9-5-10(2)22-13(9)15(20)19-7-11(21-4)6-12(19)14-17-16-8-18(14)3/h5,8,11-12H,6-7H2,1-4H3/t11-,12+/m1/s1. The number of hydrogen-bond donors (Lipinski definition) is 0. The first-order valence-corrected chi connectivity index (χ1v) is 7.26. The number of furan rings is 1. The molecule has 2 aromatic rings. The second-order valence-corrected chi connectivity index (χ2v) is 5.74. The van der Waals surface area contributed by atoms with Crippen LogP contribution in [0.3, 0.4) is 0 Å². The van der Waals surface area contributed by atoms with Gasteiger partial charge in [-0.25, -0.2) is 0 Å². The molecule has 3 rings (SSSR count). The normalized spacial score (nSPS) is 21.5. The SMILES string of the molecule is CO[C@@H]1C[C@@H](c2nncn2C)N(C(=O)c2oc(C)cc2C)C1. The lowest BCUT2D eigenvalue weighted by molar-refractivity contribution is 0.0650. The Morgan fingerprint density at radius 2 is 2.23 bits per heavy atom. The predicted octanol–water partition coefficient (Wildman–Crippen LogP) is 1.63. The van der Waals surface area contributed by atoms with Crippen LogP contribution in [0.25, 0.3) is 0 Å². The first-order chi connectivity index (χ1) is 10.5. The predicted molar refractivity (Wildman–Crippen MR) is 78.4 cm³/mol.